The van der Waals surface area contributed by atoms with Crippen LogP contribution >= 0.6 is 0 Å². The zero-order valence-corrected chi connectivity index (χ0v) is 82.6. The van der Waals surface area contributed by atoms with Crippen molar-refractivity contribution in [3.05, 3.63) is 274 Å². The van der Waals surface area contributed by atoms with Gasteiger partial charge in [-0.3, -0.25) is 9.59 Å². The van der Waals surface area contributed by atoms with Gasteiger partial charge < -0.3 is 30.1 Å². The summed E-state index contributed by atoms with van der Waals surface area (Å²) in [6.45, 7) is 49.5. The molecule has 0 spiro atoms. The Labute approximate surface area is 771 Å². The fourth-order valence-corrected chi connectivity index (χ4v) is 16.3. The Morgan fingerprint density at radius 3 is 0.933 bits per heavy atom. The first-order chi connectivity index (χ1) is 61.4. The van der Waals surface area contributed by atoms with Gasteiger partial charge in [-0.05, 0) is 164 Å². The molecular formula is C108H136Ir2N4O4Si2-4. The quantitative estimate of drug-likeness (QED) is 0.0297. The molecule has 4 aromatic heterocycles. The second-order valence-electron chi connectivity index (χ2n) is 34.6. The number of aliphatic hydroxyl groups is 2. The van der Waals surface area contributed by atoms with Crippen molar-refractivity contribution in [3.8, 4) is 45.0 Å². The van der Waals surface area contributed by atoms with E-state index < -0.39 is 29.9 Å². The molecule has 8 aromatic carbocycles. The van der Waals surface area contributed by atoms with Gasteiger partial charge in [0.25, 0.3) is 0 Å². The standard InChI is InChI=1S/2C20H22NSi.2C20H20N.2C14H26O2.2Ir/c2*1-14-10-15(2)12-17(11-14)20-19-7-6-18(22(3,4)5)13-16(19)8-9-21-20;2*1-13(2)16-5-6-19-17(12-16)7-8-21-20(19)18-10-14(3)9-15(4)11-18;2*1-6-11(7-2)12(15)10-13(16)14(5,8-3)9-4;;/h2*6-11,13H,1-5H3;2*5-10,12-13H,1-4H3;2*10-11,16H,6-9H2,1-5H3;;/q4*-1;;;;/i2*8D,9D;4D3,7D,8D;3D3,7D,8D;;;;. The van der Waals surface area contributed by atoms with Crippen molar-refractivity contribution in [2.45, 2.75) is 255 Å². The fraction of sp³-hybridized carbons (Fsp3) is 0.389. The van der Waals surface area contributed by atoms with Gasteiger partial charge in [0, 0.05) is 108 Å². The van der Waals surface area contributed by atoms with Gasteiger partial charge in [0.15, 0.2) is 11.6 Å². The van der Waals surface area contributed by atoms with E-state index in [0.717, 1.165) is 145 Å². The molecule has 12 heteroatoms. The third-order valence-corrected chi connectivity index (χ3v) is 26.8. The Morgan fingerprint density at radius 2 is 0.667 bits per heavy atom. The van der Waals surface area contributed by atoms with Crippen molar-refractivity contribution >= 4 is 81.2 Å². The SMILES string of the molecule is CCC(CC)C(=O)C=C(O)C(C)(CC)CC.CCC(CC)C(=O)C=C(O)C(C)(CC)CC.[2H]c1nc(-c2[c-]c(C([2H])([2H])[2H])cc(C)c2)c2ccc(C(C)C)cc2c1[2H].[2H]c1nc(-c2[c-]c(C)cc(C([2H])([2H])[2H])c2)c2ccc(C(C)C)cc2c1[2H].[2H]c1nc(-c2[c-]c(C)cc(C)c2)c2ccc([Si](C)(C)C)cc2c1[2H].[2H]c1nc(-c2[c-]c(C)cc(C)c2)c2ccc([Si](C)(C)C)cc2c1[2H].[Ir].[Ir]. The van der Waals surface area contributed by atoms with Crippen molar-refractivity contribution in [1.29, 1.82) is 0 Å². The minimum absolute atomic E-state index is 0. The van der Waals surface area contributed by atoms with Crippen LogP contribution in [-0.2, 0) is 49.8 Å². The number of aryl methyl sites for hydroxylation is 8. The first-order valence-corrected chi connectivity index (χ1v) is 49.0. The average molecular weight is 2010 g/mol. The van der Waals surface area contributed by atoms with Gasteiger partial charge in [-0.25, -0.2) is 0 Å². The van der Waals surface area contributed by atoms with E-state index in [2.05, 4.69) is 174 Å². The Balaban J connectivity index is 0.000000286. The third kappa shape index (κ3) is 27.8. The summed E-state index contributed by atoms with van der Waals surface area (Å²) in [6.07, 6.45) is 9.46. The van der Waals surface area contributed by atoms with Crippen LogP contribution in [0.3, 0.4) is 0 Å². The van der Waals surface area contributed by atoms with Crippen molar-refractivity contribution in [2.75, 3.05) is 0 Å². The summed E-state index contributed by atoms with van der Waals surface area (Å²) in [6, 6.07) is 52.4. The third-order valence-electron chi connectivity index (χ3n) is 22.7. The smallest absolute Gasteiger partial charge is 0.162 e. The van der Waals surface area contributed by atoms with Crippen LogP contribution in [0.5, 0.6) is 0 Å². The van der Waals surface area contributed by atoms with Crippen LogP contribution in [0.2, 0.25) is 39.3 Å². The molecule has 0 bridgehead atoms. The van der Waals surface area contributed by atoms with Gasteiger partial charge in [0.2, 0.25) is 0 Å². The van der Waals surface area contributed by atoms with Gasteiger partial charge in [-0.2, -0.15) is 0 Å². The van der Waals surface area contributed by atoms with Crippen LogP contribution in [-0.4, -0.2) is 57.9 Å². The zero-order chi connectivity index (χ0) is 99.3. The molecular weight excluding hydrogens is 1860 g/mol. The Hall–Kier alpha value is -8.45. The number of hydrogen-bond donors (Lipinski definition) is 2. The number of ketones is 2. The van der Waals surface area contributed by atoms with Gasteiger partial charge in [-0.1, -0.05) is 275 Å². The first kappa shape index (κ1) is 81.2. The number of nitrogens with zero attached hydrogens (tertiary/aromatic N) is 4. The normalized spacial score (nSPS) is 13.7. The van der Waals surface area contributed by atoms with E-state index in [1.165, 1.54) is 22.5 Å². The summed E-state index contributed by atoms with van der Waals surface area (Å²) in [5.41, 5.74) is 13.3. The van der Waals surface area contributed by atoms with E-state index in [4.69, 9.17) is 19.2 Å². The first-order valence-electron chi connectivity index (χ1n) is 49.0. The molecule has 0 aliphatic carbocycles. The molecule has 2 radical (unpaired) electrons. The maximum atomic E-state index is 11.9. The second kappa shape index (κ2) is 46.2. The zero-order valence-electron chi connectivity index (χ0n) is 89.8. The van der Waals surface area contributed by atoms with Crippen LogP contribution in [0.25, 0.3) is 88.1 Å². The fourth-order valence-electron chi connectivity index (χ4n) is 13.9. The van der Waals surface area contributed by atoms with Crippen LogP contribution in [0.1, 0.15) is 235 Å². The second-order valence-corrected chi connectivity index (χ2v) is 44.8. The summed E-state index contributed by atoms with van der Waals surface area (Å²) in [5, 5.41) is 28.9. The van der Waals surface area contributed by atoms with Crippen molar-refractivity contribution in [3.63, 3.8) is 0 Å². The molecule has 0 unspecified atom stereocenters. The number of benzene rings is 8. The molecule has 0 amide bonds. The molecule has 0 aliphatic rings. The number of fused-ring (bicyclic) bond motifs is 4. The number of rotatable bonds is 22. The molecule has 0 saturated heterocycles. The number of aliphatic hydroxyl groups excluding tert-OH is 2. The molecule has 0 aliphatic heterocycles. The van der Waals surface area contributed by atoms with Crippen LogP contribution in [0.15, 0.2) is 194 Å². The largest absolute Gasteiger partial charge is 0.512 e. The predicted octanol–water partition coefficient (Wildman–Crippen LogP) is 29.1. The maximum absolute atomic E-state index is 11.9. The van der Waals surface area contributed by atoms with Crippen molar-refractivity contribution in [1.82, 2.24) is 19.9 Å². The number of carbonyl (C=O) groups is 2. The number of aromatic nitrogens is 4. The number of pyridine rings is 4. The summed E-state index contributed by atoms with van der Waals surface area (Å²) in [5.74, 6) is 1.34. The van der Waals surface area contributed by atoms with Crippen molar-refractivity contribution in [2.24, 2.45) is 22.7 Å². The van der Waals surface area contributed by atoms with Gasteiger partial charge in [0.05, 0.1) is 27.1 Å². The molecule has 0 fully saturated rings. The average Bonchev–Trinajstić information content (AvgIpc) is 0.808. The van der Waals surface area contributed by atoms with Crippen LogP contribution in [0, 0.1) is 102 Å². The summed E-state index contributed by atoms with van der Waals surface area (Å²) < 4.78 is 111. The van der Waals surface area contributed by atoms with Gasteiger partial charge >= 0.3 is 0 Å². The molecule has 0 saturated carbocycles. The summed E-state index contributed by atoms with van der Waals surface area (Å²) in [4.78, 5) is 41.1. The molecule has 120 heavy (non-hydrogen) atoms. The van der Waals surface area contributed by atoms with E-state index in [9.17, 15) is 19.8 Å². The molecule has 2 N–H and O–H groups in total. The Morgan fingerprint density at radius 1 is 0.400 bits per heavy atom. The van der Waals surface area contributed by atoms with Gasteiger partial charge in [0.1, 0.15) is 11.5 Å². The van der Waals surface area contributed by atoms with E-state index >= 15 is 0 Å². The number of allylic oxidation sites excluding steroid dienone is 4. The molecule has 12 rings (SSSR count). The molecule has 0 atom stereocenters. The summed E-state index contributed by atoms with van der Waals surface area (Å²) in [7, 11) is -2.96. The predicted molar refractivity (Wildman–Crippen MR) is 513 cm³/mol. The Kier molecular flexibility index (Phi) is 31.2. The molecule has 12 aromatic rings. The summed E-state index contributed by atoms with van der Waals surface area (Å²) >= 11 is 0. The minimum atomic E-state index is -2.26. The van der Waals surface area contributed by atoms with Crippen LogP contribution in [0.4, 0.5) is 0 Å². The minimum Gasteiger partial charge on any atom is -0.512 e. The maximum Gasteiger partial charge on any atom is 0.162 e. The monoisotopic (exact) mass is 2010 g/mol. The molecule has 8 nitrogen and oxygen atoms in total. The van der Waals surface area contributed by atoms with E-state index in [0.29, 0.717) is 50.7 Å². The van der Waals surface area contributed by atoms with Crippen LogP contribution < -0.4 is 10.4 Å². The van der Waals surface area contributed by atoms with E-state index in [1.807, 2.05) is 145 Å². The molecule has 642 valence electrons. The van der Waals surface area contributed by atoms with E-state index in [-0.39, 0.29) is 146 Å². The van der Waals surface area contributed by atoms with Gasteiger partial charge in [-0.15, -0.1) is 140 Å². The number of hydrogen-bond acceptors (Lipinski definition) is 8. The topological polar surface area (TPSA) is 126 Å². The number of carbonyl (C=O) groups excluding carboxylic acids is 2. The Bertz CT molecular complexity index is 5810. The molecule has 4 heterocycles. The van der Waals surface area contributed by atoms with Crippen molar-refractivity contribution < 1.29 is 79.2 Å². The van der Waals surface area contributed by atoms with E-state index in [1.54, 1.807) is 25.1 Å².